The van der Waals surface area contributed by atoms with E-state index in [-0.39, 0.29) is 18.4 Å². The molecule has 2 aromatic carbocycles. The van der Waals surface area contributed by atoms with Crippen molar-refractivity contribution in [2.75, 3.05) is 18.4 Å². The molecular formula is C23H25N3O2. The van der Waals surface area contributed by atoms with Crippen molar-refractivity contribution >= 4 is 28.4 Å². The Morgan fingerprint density at radius 1 is 1.04 bits per heavy atom. The van der Waals surface area contributed by atoms with Gasteiger partial charge in [-0.05, 0) is 44.0 Å². The second-order valence-electron chi connectivity index (χ2n) is 6.92. The van der Waals surface area contributed by atoms with Gasteiger partial charge in [0.25, 0.3) is 5.91 Å². The Morgan fingerprint density at radius 3 is 2.50 bits per heavy atom. The van der Waals surface area contributed by atoms with Crippen LogP contribution in [0.1, 0.15) is 35.0 Å². The lowest BCUT2D eigenvalue weighted by Crippen LogP contribution is -2.38. The lowest BCUT2D eigenvalue weighted by atomic mass is 10.1. The van der Waals surface area contributed by atoms with Gasteiger partial charge in [0.05, 0.1) is 11.1 Å². The largest absolute Gasteiger partial charge is 0.329 e. The molecule has 0 saturated heterocycles. The number of aryl methyl sites for hydroxylation is 2. The highest BCUT2D eigenvalue weighted by Gasteiger charge is 2.21. The first kappa shape index (κ1) is 19.5. The minimum Gasteiger partial charge on any atom is -0.329 e. The standard InChI is InChI=1S/C23H25N3O2/c1-4-13-26(15-22(27)25-20-11-7-5-9-16(20)2)23(28)19-14-17(3)24-21-12-8-6-10-18(19)21/h5-12,14H,4,13,15H2,1-3H3,(H,25,27). The van der Waals surface area contributed by atoms with E-state index < -0.39 is 0 Å². The van der Waals surface area contributed by atoms with Crippen LogP contribution in [0.25, 0.3) is 10.9 Å². The molecular weight excluding hydrogens is 350 g/mol. The molecule has 2 amide bonds. The van der Waals surface area contributed by atoms with Gasteiger partial charge in [0, 0.05) is 23.3 Å². The molecule has 0 radical (unpaired) electrons. The first-order chi connectivity index (χ1) is 13.5. The fraction of sp³-hybridized carbons (Fsp3) is 0.261. The van der Waals surface area contributed by atoms with Crippen LogP contribution >= 0.6 is 0 Å². The number of pyridine rings is 1. The molecule has 144 valence electrons. The Morgan fingerprint density at radius 2 is 1.75 bits per heavy atom. The molecule has 28 heavy (non-hydrogen) atoms. The molecule has 5 heteroatoms. The molecule has 1 N–H and O–H groups in total. The van der Waals surface area contributed by atoms with E-state index in [0.29, 0.717) is 12.1 Å². The second-order valence-corrected chi connectivity index (χ2v) is 6.92. The van der Waals surface area contributed by atoms with Crippen LogP contribution < -0.4 is 5.32 Å². The Labute approximate surface area is 165 Å². The van der Waals surface area contributed by atoms with Crippen LogP contribution in [0.5, 0.6) is 0 Å². The fourth-order valence-electron chi connectivity index (χ4n) is 3.25. The van der Waals surface area contributed by atoms with E-state index in [1.807, 2.05) is 69.3 Å². The normalized spacial score (nSPS) is 10.7. The predicted octanol–water partition coefficient (Wildman–Crippen LogP) is 4.34. The monoisotopic (exact) mass is 375 g/mol. The maximum absolute atomic E-state index is 13.3. The molecule has 5 nitrogen and oxygen atoms in total. The molecule has 0 aliphatic heterocycles. The average Bonchev–Trinajstić information content (AvgIpc) is 2.68. The lowest BCUT2D eigenvalue weighted by Gasteiger charge is -2.23. The smallest absolute Gasteiger partial charge is 0.255 e. The van der Waals surface area contributed by atoms with Crippen LogP contribution in [-0.4, -0.2) is 34.8 Å². The third kappa shape index (κ3) is 4.36. The summed E-state index contributed by atoms with van der Waals surface area (Å²) in [6.07, 6.45) is 0.769. The number of anilines is 1. The molecule has 0 fully saturated rings. The third-order valence-corrected chi connectivity index (χ3v) is 4.61. The van der Waals surface area contributed by atoms with Crippen LogP contribution in [0.4, 0.5) is 5.69 Å². The lowest BCUT2D eigenvalue weighted by molar-refractivity contribution is -0.116. The van der Waals surface area contributed by atoms with E-state index in [4.69, 9.17) is 0 Å². The van der Waals surface area contributed by atoms with E-state index in [0.717, 1.165) is 34.3 Å². The first-order valence-corrected chi connectivity index (χ1v) is 9.50. The molecule has 1 aromatic heterocycles. The summed E-state index contributed by atoms with van der Waals surface area (Å²) in [4.78, 5) is 32.0. The average molecular weight is 375 g/mol. The summed E-state index contributed by atoms with van der Waals surface area (Å²) >= 11 is 0. The van der Waals surface area contributed by atoms with Crippen molar-refractivity contribution in [2.45, 2.75) is 27.2 Å². The number of fused-ring (bicyclic) bond motifs is 1. The van der Waals surface area contributed by atoms with Crippen molar-refractivity contribution in [3.63, 3.8) is 0 Å². The summed E-state index contributed by atoms with van der Waals surface area (Å²) in [6.45, 7) is 6.33. The Bertz CT molecular complexity index is 1010. The van der Waals surface area contributed by atoms with Crippen LogP contribution in [0.3, 0.4) is 0 Å². The Hall–Kier alpha value is -3.21. The van der Waals surface area contributed by atoms with Crippen molar-refractivity contribution in [2.24, 2.45) is 0 Å². The number of amides is 2. The minimum atomic E-state index is -0.203. The van der Waals surface area contributed by atoms with Gasteiger partial charge in [-0.3, -0.25) is 14.6 Å². The zero-order chi connectivity index (χ0) is 20.1. The van der Waals surface area contributed by atoms with Gasteiger partial charge in [0.2, 0.25) is 5.91 Å². The highest BCUT2D eigenvalue weighted by Crippen LogP contribution is 2.20. The number of carbonyl (C=O) groups is 2. The maximum atomic E-state index is 13.3. The molecule has 0 spiro atoms. The zero-order valence-corrected chi connectivity index (χ0v) is 16.5. The SMILES string of the molecule is CCCN(CC(=O)Nc1ccccc1C)C(=O)c1cc(C)nc2ccccc12. The number of aromatic nitrogens is 1. The van der Waals surface area contributed by atoms with Crippen LogP contribution in [0.15, 0.2) is 54.6 Å². The Kier molecular flexibility index (Phi) is 6.04. The quantitative estimate of drug-likeness (QED) is 0.697. The fourth-order valence-corrected chi connectivity index (χ4v) is 3.25. The van der Waals surface area contributed by atoms with Gasteiger partial charge in [0.15, 0.2) is 0 Å². The topological polar surface area (TPSA) is 62.3 Å². The molecule has 0 saturated carbocycles. The van der Waals surface area contributed by atoms with Crippen molar-refractivity contribution < 1.29 is 9.59 Å². The predicted molar refractivity (Wildman–Crippen MR) is 112 cm³/mol. The van der Waals surface area contributed by atoms with Gasteiger partial charge in [-0.25, -0.2) is 0 Å². The number of nitrogens with zero attached hydrogens (tertiary/aromatic N) is 2. The number of benzene rings is 2. The summed E-state index contributed by atoms with van der Waals surface area (Å²) in [7, 11) is 0. The second kappa shape index (κ2) is 8.65. The summed E-state index contributed by atoms with van der Waals surface area (Å²) in [5.41, 5.74) is 3.90. The summed E-state index contributed by atoms with van der Waals surface area (Å²) < 4.78 is 0. The summed E-state index contributed by atoms with van der Waals surface area (Å²) in [5.74, 6) is -0.352. The van der Waals surface area contributed by atoms with Gasteiger partial charge < -0.3 is 10.2 Å². The molecule has 0 atom stereocenters. The number of hydrogen-bond acceptors (Lipinski definition) is 3. The van der Waals surface area contributed by atoms with Crippen molar-refractivity contribution in [3.05, 3.63) is 71.4 Å². The van der Waals surface area contributed by atoms with Crippen LogP contribution in [-0.2, 0) is 4.79 Å². The molecule has 0 bridgehead atoms. The highest BCUT2D eigenvalue weighted by atomic mass is 16.2. The maximum Gasteiger partial charge on any atom is 0.255 e. The van der Waals surface area contributed by atoms with E-state index >= 15 is 0 Å². The van der Waals surface area contributed by atoms with Crippen molar-refractivity contribution in [3.8, 4) is 0 Å². The zero-order valence-electron chi connectivity index (χ0n) is 16.5. The molecule has 0 aliphatic rings. The van der Waals surface area contributed by atoms with Crippen LogP contribution in [0.2, 0.25) is 0 Å². The number of carbonyl (C=O) groups excluding carboxylic acids is 2. The van der Waals surface area contributed by atoms with E-state index in [1.54, 1.807) is 11.0 Å². The molecule has 3 aromatic rings. The molecule has 0 unspecified atom stereocenters. The van der Waals surface area contributed by atoms with Crippen LogP contribution in [0, 0.1) is 13.8 Å². The number of rotatable bonds is 6. The Balaban J connectivity index is 1.85. The van der Waals surface area contributed by atoms with E-state index in [1.165, 1.54) is 0 Å². The van der Waals surface area contributed by atoms with E-state index in [9.17, 15) is 9.59 Å². The van der Waals surface area contributed by atoms with E-state index in [2.05, 4.69) is 10.3 Å². The van der Waals surface area contributed by atoms with Gasteiger partial charge in [-0.2, -0.15) is 0 Å². The first-order valence-electron chi connectivity index (χ1n) is 9.50. The third-order valence-electron chi connectivity index (χ3n) is 4.61. The summed E-state index contributed by atoms with van der Waals surface area (Å²) in [6, 6.07) is 17.0. The van der Waals surface area contributed by atoms with Gasteiger partial charge in [0.1, 0.15) is 6.54 Å². The minimum absolute atomic E-state index is 0.0106. The van der Waals surface area contributed by atoms with Gasteiger partial charge >= 0.3 is 0 Å². The highest BCUT2D eigenvalue weighted by molar-refractivity contribution is 6.07. The molecule has 0 aliphatic carbocycles. The van der Waals surface area contributed by atoms with Crippen molar-refractivity contribution in [1.82, 2.24) is 9.88 Å². The van der Waals surface area contributed by atoms with Crippen molar-refractivity contribution in [1.29, 1.82) is 0 Å². The number of nitrogens with one attached hydrogen (secondary N) is 1. The van der Waals surface area contributed by atoms with Gasteiger partial charge in [-0.15, -0.1) is 0 Å². The number of hydrogen-bond donors (Lipinski definition) is 1. The number of para-hydroxylation sites is 2. The van der Waals surface area contributed by atoms with Gasteiger partial charge in [-0.1, -0.05) is 43.3 Å². The molecule has 1 heterocycles. The summed E-state index contributed by atoms with van der Waals surface area (Å²) in [5, 5.41) is 3.71. The molecule has 3 rings (SSSR count).